The largest absolute Gasteiger partial charge is 0.317 e. The van der Waals surface area contributed by atoms with Crippen LogP contribution in [0.5, 0.6) is 0 Å². The molecule has 0 aliphatic carbocycles. The van der Waals surface area contributed by atoms with Gasteiger partial charge in [0.1, 0.15) is 5.82 Å². The molecule has 0 bridgehead atoms. The number of nitrogens with one attached hydrogen (secondary N) is 2. The van der Waals surface area contributed by atoms with Gasteiger partial charge in [0.15, 0.2) is 5.11 Å². The lowest BCUT2D eigenvalue weighted by Crippen LogP contribution is -2.33. The maximum atomic E-state index is 11.7. The highest BCUT2D eigenvalue weighted by Gasteiger charge is 2.02. The Morgan fingerprint density at radius 3 is 2.67 bits per heavy atom. The molecule has 0 aliphatic rings. The van der Waals surface area contributed by atoms with Gasteiger partial charge in [0.2, 0.25) is 5.91 Å². The Morgan fingerprint density at radius 1 is 1.19 bits per heavy atom. The van der Waals surface area contributed by atoms with E-state index >= 15 is 0 Å². The second-order valence-corrected chi connectivity index (χ2v) is 4.83. The molecule has 2 rings (SSSR count). The van der Waals surface area contributed by atoms with Gasteiger partial charge in [0.05, 0.1) is 0 Å². The average Bonchev–Trinajstić information content (AvgIpc) is 2.47. The van der Waals surface area contributed by atoms with Crippen LogP contribution in [0.1, 0.15) is 5.56 Å². The van der Waals surface area contributed by atoms with Gasteiger partial charge in [-0.05, 0) is 42.1 Å². The summed E-state index contributed by atoms with van der Waals surface area (Å²) in [5.74, 6) is 0.223. The first-order valence-electron chi connectivity index (χ1n) is 6.11. The van der Waals surface area contributed by atoms with Gasteiger partial charge in [-0.25, -0.2) is 4.98 Å². The van der Waals surface area contributed by atoms with Crippen molar-refractivity contribution < 1.29 is 4.79 Å². The first kappa shape index (κ1) is 15.2. The van der Waals surface area contributed by atoms with Crippen LogP contribution in [0, 0.1) is 0 Å². The number of halogens is 1. The molecule has 4 nitrogen and oxygen atoms in total. The molecule has 21 heavy (non-hydrogen) atoms. The molecule has 0 saturated heterocycles. The van der Waals surface area contributed by atoms with Crippen LogP contribution in [0.4, 0.5) is 5.82 Å². The minimum absolute atomic E-state index is 0.183. The van der Waals surface area contributed by atoms with E-state index in [-0.39, 0.29) is 11.0 Å². The summed E-state index contributed by atoms with van der Waals surface area (Å²) in [6, 6.07) is 12.6. The van der Waals surface area contributed by atoms with Crippen molar-refractivity contribution in [1.29, 1.82) is 0 Å². The maximum absolute atomic E-state index is 11.7. The molecule has 2 aromatic rings. The van der Waals surface area contributed by atoms with Gasteiger partial charge < -0.3 is 5.32 Å². The molecule has 1 amide bonds. The lowest BCUT2D eigenvalue weighted by atomic mass is 10.2. The lowest BCUT2D eigenvalue weighted by molar-refractivity contribution is -0.115. The van der Waals surface area contributed by atoms with Crippen molar-refractivity contribution in [2.75, 3.05) is 5.32 Å². The number of benzene rings is 1. The van der Waals surface area contributed by atoms with Crippen molar-refractivity contribution in [3.05, 3.63) is 65.3 Å². The Hall–Kier alpha value is -2.24. The number of hydrogen-bond acceptors (Lipinski definition) is 3. The Kier molecular flexibility index (Phi) is 5.43. The van der Waals surface area contributed by atoms with Gasteiger partial charge in [-0.1, -0.05) is 35.9 Å². The maximum Gasteiger partial charge on any atom is 0.250 e. The number of pyridine rings is 1. The number of rotatable bonds is 3. The molecule has 1 aromatic carbocycles. The van der Waals surface area contributed by atoms with E-state index in [1.807, 2.05) is 24.3 Å². The summed E-state index contributed by atoms with van der Waals surface area (Å²) < 4.78 is 0. The standard InChI is InChI=1S/C15H12ClN3OS/c16-12-6-2-1-5-11(12)8-9-14(20)19-15(21)18-13-7-3-4-10-17-13/h1-10H,(H2,17,18,19,20,21). The monoisotopic (exact) mass is 317 g/mol. The highest BCUT2D eigenvalue weighted by Crippen LogP contribution is 2.15. The first-order valence-corrected chi connectivity index (χ1v) is 6.89. The van der Waals surface area contributed by atoms with E-state index in [1.54, 1.807) is 30.5 Å². The fraction of sp³-hybridized carbons (Fsp3) is 0. The summed E-state index contributed by atoms with van der Waals surface area (Å²) in [7, 11) is 0. The number of aromatic nitrogens is 1. The van der Waals surface area contributed by atoms with Gasteiger partial charge in [-0.3, -0.25) is 10.1 Å². The third kappa shape index (κ3) is 4.98. The SMILES string of the molecule is O=C(C=Cc1ccccc1Cl)NC(=S)Nc1ccccn1. The smallest absolute Gasteiger partial charge is 0.250 e. The predicted octanol–water partition coefficient (Wildman–Crippen LogP) is 3.26. The molecule has 1 heterocycles. The highest BCUT2D eigenvalue weighted by atomic mass is 35.5. The van der Waals surface area contributed by atoms with Crippen LogP contribution in [-0.2, 0) is 4.79 Å². The molecule has 0 unspecified atom stereocenters. The Balaban J connectivity index is 1.90. The highest BCUT2D eigenvalue weighted by molar-refractivity contribution is 7.80. The molecule has 6 heteroatoms. The first-order chi connectivity index (χ1) is 10.1. The number of hydrogen-bond donors (Lipinski definition) is 2. The number of nitrogens with zero attached hydrogens (tertiary/aromatic N) is 1. The van der Waals surface area contributed by atoms with Gasteiger partial charge in [-0.15, -0.1) is 0 Å². The zero-order valence-electron chi connectivity index (χ0n) is 10.9. The van der Waals surface area contributed by atoms with Crippen LogP contribution in [0.25, 0.3) is 6.08 Å². The molecule has 1 aromatic heterocycles. The quantitative estimate of drug-likeness (QED) is 0.674. The van der Waals surface area contributed by atoms with Crippen LogP contribution in [0.15, 0.2) is 54.7 Å². The van der Waals surface area contributed by atoms with Crippen molar-refractivity contribution in [1.82, 2.24) is 10.3 Å². The van der Waals surface area contributed by atoms with E-state index in [0.717, 1.165) is 5.56 Å². The van der Waals surface area contributed by atoms with Gasteiger partial charge in [0.25, 0.3) is 0 Å². The van der Waals surface area contributed by atoms with Crippen molar-refractivity contribution in [3.8, 4) is 0 Å². The normalized spacial score (nSPS) is 10.3. The summed E-state index contributed by atoms with van der Waals surface area (Å²) in [5.41, 5.74) is 0.762. The molecule has 0 saturated carbocycles. The molecule has 2 N–H and O–H groups in total. The van der Waals surface area contributed by atoms with Crippen LogP contribution in [0.2, 0.25) is 5.02 Å². The fourth-order valence-corrected chi connectivity index (χ4v) is 1.92. The lowest BCUT2D eigenvalue weighted by Gasteiger charge is -2.06. The molecule has 0 spiro atoms. The number of anilines is 1. The molecular formula is C15H12ClN3OS. The van der Waals surface area contributed by atoms with Crippen LogP contribution >= 0.6 is 23.8 Å². The zero-order chi connectivity index (χ0) is 15.1. The van der Waals surface area contributed by atoms with Crippen LogP contribution in [-0.4, -0.2) is 16.0 Å². The summed E-state index contributed by atoms with van der Waals surface area (Å²) in [6.07, 6.45) is 4.62. The summed E-state index contributed by atoms with van der Waals surface area (Å²) in [5, 5.41) is 6.10. The van der Waals surface area contributed by atoms with Crippen LogP contribution < -0.4 is 10.6 Å². The van der Waals surface area contributed by atoms with Crippen LogP contribution in [0.3, 0.4) is 0 Å². The van der Waals surface area contributed by atoms with Crippen molar-refractivity contribution >= 4 is 46.7 Å². The average molecular weight is 318 g/mol. The molecule has 0 aliphatic heterocycles. The van der Waals surface area contributed by atoms with E-state index in [1.165, 1.54) is 6.08 Å². The third-order valence-corrected chi connectivity index (χ3v) is 3.01. The van der Waals surface area contributed by atoms with E-state index in [0.29, 0.717) is 10.8 Å². The minimum Gasteiger partial charge on any atom is -0.317 e. The zero-order valence-corrected chi connectivity index (χ0v) is 12.5. The summed E-state index contributed by atoms with van der Waals surface area (Å²) in [6.45, 7) is 0. The summed E-state index contributed by atoms with van der Waals surface area (Å²) >= 11 is 11.0. The number of thiocarbonyl (C=S) groups is 1. The molecule has 0 fully saturated rings. The van der Waals surface area contributed by atoms with Gasteiger partial charge in [0, 0.05) is 17.3 Å². The van der Waals surface area contributed by atoms with Crippen molar-refractivity contribution in [2.24, 2.45) is 0 Å². The second-order valence-electron chi connectivity index (χ2n) is 4.01. The van der Waals surface area contributed by atoms with Crippen molar-refractivity contribution in [3.63, 3.8) is 0 Å². The molecule has 106 valence electrons. The Morgan fingerprint density at radius 2 is 1.95 bits per heavy atom. The van der Waals surface area contributed by atoms with Gasteiger partial charge in [-0.2, -0.15) is 0 Å². The van der Waals surface area contributed by atoms with E-state index < -0.39 is 0 Å². The second kappa shape index (κ2) is 7.52. The van der Waals surface area contributed by atoms with E-state index in [4.69, 9.17) is 23.8 Å². The van der Waals surface area contributed by atoms with Crippen molar-refractivity contribution in [2.45, 2.75) is 0 Å². The minimum atomic E-state index is -0.344. The number of amides is 1. The Labute approximate surface area is 132 Å². The number of carbonyl (C=O) groups is 1. The third-order valence-electron chi connectivity index (χ3n) is 2.46. The molecular weight excluding hydrogens is 306 g/mol. The molecule has 0 radical (unpaired) electrons. The van der Waals surface area contributed by atoms with E-state index in [9.17, 15) is 4.79 Å². The molecule has 0 atom stereocenters. The predicted molar refractivity (Wildman–Crippen MR) is 89.1 cm³/mol. The van der Waals surface area contributed by atoms with Gasteiger partial charge >= 0.3 is 0 Å². The summed E-state index contributed by atoms with van der Waals surface area (Å²) in [4.78, 5) is 15.8. The Bertz CT molecular complexity index is 674. The fourth-order valence-electron chi connectivity index (χ4n) is 1.51. The van der Waals surface area contributed by atoms with E-state index in [2.05, 4.69) is 15.6 Å². The number of carbonyl (C=O) groups excluding carboxylic acids is 1. The topological polar surface area (TPSA) is 54.0 Å².